The SMILES string of the molecule is CC1(C)CCc2ccccc2C1Nc1nccs1. The molecule has 0 saturated heterocycles. The molecule has 0 saturated carbocycles. The lowest BCUT2D eigenvalue weighted by Gasteiger charge is -2.40. The Balaban J connectivity index is 1.98. The number of anilines is 1. The number of nitrogens with zero attached hydrogens (tertiary/aromatic N) is 1. The first-order valence-electron chi connectivity index (χ1n) is 6.41. The Morgan fingerprint density at radius 2 is 2.17 bits per heavy atom. The van der Waals surface area contributed by atoms with Crippen molar-refractivity contribution >= 4 is 16.5 Å². The molecule has 3 rings (SSSR count). The molecule has 1 heterocycles. The van der Waals surface area contributed by atoms with E-state index in [2.05, 4.69) is 48.4 Å². The van der Waals surface area contributed by atoms with E-state index in [1.54, 1.807) is 11.3 Å². The molecular weight excluding hydrogens is 240 g/mol. The van der Waals surface area contributed by atoms with Crippen LogP contribution in [0.1, 0.15) is 37.4 Å². The topological polar surface area (TPSA) is 24.9 Å². The first kappa shape index (κ1) is 11.7. The summed E-state index contributed by atoms with van der Waals surface area (Å²) in [5.74, 6) is 0. The van der Waals surface area contributed by atoms with Crippen molar-refractivity contribution in [3.05, 3.63) is 47.0 Å². The largest absolute Gasteiger partial charge is 0.354 e. The maximum absolute atomic E-state index is 4.36. The third kappa shape index (κ3) is 2.03. The number of aryl methyl sites for hydroxylation is 1. The molecule has 1 unspecified atom stereocenters. The maximum atomic E-state index is 4.36. The zero-order chi connectivity index (χ0) is 12.6. The summed E-state index contributed by atoms with van der Waals surface area (Å²) in [6, 6.07) is 9.13. The minimum absolute atomic E-state index is 0.264. The van der Waals surface area contributed by atoms with Crippen LogP contribution in [0, 0.1) is 5.41 Å². The summed E-state index contributed by atoms with van der Waals surface area (Å²) in [6.45, 7) is 4.68. The Labute approximate surface area is 112 Å². The first-order valence-corrected chi connectivity index (χ1v) is 7.29. The average molecular weight is 258 g/mol. The molecule has 1 aromatic heterocycles. The second-order valence-corrected chi connectivity index (χ2v) is 6.50. The van der Waals surface area contributed by atoms with E-state index < -0.39 is 0 Å². The molecule has 0 amide bonds. The van der Waals surface area contributed by atoms with Crippen LogP contribution in [0.2, 0.25) is 0 Å². The standard InChI is InChI=1S/C15H18N2S/c1-15(2)8-7-11-5-3-4-6-12(11)13(15)17-14-16-9-10-18-14/h3-6,9-10,13H,7-8H2,1-2H3,(H,16,17). The summed E-state index contributed by atoms with van der Waals surface area (Å²) in [6.07, 6.45) is 4.25. The van der Waals surface area contributed by atoms with Gasteiger partial charge >= 0.3 is 0 Å². The number of nitrogens with one attached hydrogen (secondary N) is 1. The molecule has 0 fully saturated rings. The van der Waals surface area contributed by atoms with Crippen molar-refractivity contribution in [2.24, 2.45) is 5.41 Å². The number of benzene rings is 1. The van der Waals surface area contributed by atoms with Gasteiger partial charge in [-0.2, -0.15) is 0 Å². The number of hydrogen-bond acceptors (Lipinski definition) is 3. The summed E-state index contributed by atoms with van der Waals surface area (Å²) in [7, 11) is 0. The van der Waals surface area contributed by atoms with Crippen LogP contribution in [0.25, 0.3) is 0 Å². The van der Waals surface area contributed by atoms with Crippen LogP contribution in [0.3, 0.4) is 0 Å². The van der Waals surface area contributed by atoms with Crippen molar-refractivity contribution in [1.29, 1.82) is 0 Å². The quantitative estimate of drug-likeness (QED) is 0.870. The van der Waals surface area contributed by atoms with E-state index in [1.807, 2.05) is 11.6 Å². The molecule has 2 aromatic rings. The van der Waals surface area contributed by atoms with Crippen LogP contribution < -0.4 is 5.32 Å². The van der Waals surface area contributed by atoms with Gasteiger partial charge in [-0.05, 0) is 29.4 Å². The van der Waals surface area contributed by atoms with Crippen LogP contribution in [0.5, 0.6) is 0 Å². The molecule has 1 aromatic carbocycles. The van der Waals surface area contributed by atoms with Gasteiger partial charge in [0.1, 0.15) is 0 Å². The molecule has 1 aliphatic rings. The van der Waals surface area contributed by atoms with E-state index in [9.17, 15) is 0 Å². The van der Waals surface area contributed by atoms with Crippen molar-refractivity contribution in [3.63, 3.8) is 0 Å². The van der Waals surface area contributed by atoms with Gasteiger partial charge in [0, 0.05) is 11.6 Å². The van der Waals surface area contributed by atoms with Gasteiger partial charge in [0.05, 0.1) is 6.04 Å². The Morgan fingerprint density at radius 1 is 1.33 bits per heavy atom. The van der Waals surface area contributed by atoms with Crippen LogP contribution >= 0.6 is 11.3 Å². The zero-order valence-corrected chi connectivity index (χ0v) is 11.6. The molecule has 0 aliphatic heterocycles. The normalized spacial score (nSPS) is 21.3. The highest BCUT2D eigenvalue weighted by Gasteiger charge is 2.35. The summed E-state index contributed by atoms with van der Waals surface area (Å²) in [4.78, 5) is 4.36. The molecule has 1 N–H and O–H groups in total. The van der Waals surface area contributed by atoms with E-state index >= 15 is 0 Å². The lowest BCUT2D eigenvalue weighted by Crippen LogP contribution is -2.33. The van der Waals surface area contributed by atoms with Gasteiger partial charge in [0.15, 0.2) is 5.13 Å². The molecule has 1 atom stereocenters. The van der Waals surface area contributed by atoms with Gasteiger partial charge in [-0.1, -0.05) is 38.1 Å². The van der Waals surface area contributed by atoms with Crippen LogP contribution in [0.15, 0.2) is 35.8 Å². The van der Waals surface area contributed by atoms with Crippen LogP contribution in [0.4, 0.5) is 5.13 Å². The van der Waals surface area contributed by atoms with Crippen molar-refractivity contribution in [2.75, 3.05) is 5.32 Å². The monoisotopic (exact) mass is 258 g/mol. The Hall–Kier alpha value is -1.35. The second-order valence-electron chi connectivity index (χ2n) is 5.60. The van der Waals surface area contributed by atoms with Gasteiger partial charge in [-0.25, -0.2) is 4.98 Å². The van der Waals surface area contributed by atoms with E-state index in [0.29, 0.717) is 6.04 Å². The van der Waals surface area contributed by atoms with Crippen molar-refractivity contribution < 1.29 is 0 Å². The summed E-state index contributed by atoms with van der Waals surface area (Å²) in [5.41, 5.74) is 3.18. The number of fused-ring (bicyclic) bond motifs is 1. The average Bonchev–Trinajstić information content (AvgIpc) is 2.86. The fraction of sp³-hybridized carbons (Fsp3) is 0.400. The predicted molar refractivity (Wildman–Crippen MR) is 77.0 cm³/mol. The van der Waals surface area contributed by atoms with Crippen molar-refractivity contribution in [3.8, 4) is 0 Å². The van der Waals surface area contributed by atoms with E-state index in [1.165, 1.54) is 24.0 Å². The lowest BCUT2D eigenvalue weighted by molar-refractivity contribution is 0.265. The summed E-state index contributed by atoms with van der Waals surface area (Å²) in [5, 5.41) is 6.65. The molecule has 3 heteroatoms. The second kappa shape index (κ2) is 4.39. The molecular formula is C15H18N2S. The fourth-order valence-corrected chi connectivity index (χ4v) is 3.32. The van der Waals surface area contributed by atoms with Gasteiger partial charge in [0.25, 0.3) is 0 Å². The highest BCUT2D eigenvalue weighted by molar-refractivity contribution is 7.13. The summed E-state index contributed by atoms with van der Waals surface area (Å²) >= 11 is 1.67. The Morgan fingerprint density at radius 3 is 2.94 bits per heavy atom. The number of hydrogen-bond donors (Lipinski definition) is 1. The van der Waals surface area contributed by atoms with Gasteiger partial charge in [-0.3, -0.25) is 0 Å². The molecule has 1 aliphatic carbocycles. The van der Waals surface area contributed by atoms with Crippen LogP contribution in [-0.4, -0.2) is 4.98 Å². The number of rotatable bonds is 2. The van der Waals surface area contributed by atoms with Crippen LogP contribution in [-0.2, 0) is 6.42 Å². The molecule has 0 radical (unpaired) electrons. The third-order valence-corrected chi connectivity index (χ3v) is 4.59. The highest BCUT2D eigenvalue weighted by Crippen LogP contribution is 2.45. The van der Waals surface area contributed by atoms with E-state index in [-0.39, 0.29) is 5.41 Å². The van der Waals surface area contributed by atoms with Gasteiger partial charge in [-0.15, -0.1) is 11.3 Å². The van der Waals surface area contributed by atoms with Gasteiger partial charge in [0.2, 0.25) is 0 Å². The smallest absolute Gasteiger partial charge is 0.183 e. The first-order chi connectivity index (χ1) is 8.67. The van der Waals surface area contributed by atoms with Crippen molar-refractivity contribution in [2.45, 2.75) is 32.7 Å². The van der Waals surface area contributed by atoms with E-state index in [0.717, 1.165) is 5.13 Å². The molecule has 94 valence electrons. The zero-order valence-electron chi connectivity index (χ0n) is 10.8. The van der Waals surface area contributed by atoms with E-state index in [4.69, 9.17) is 0 Å². The summed E-state index contributed by atoms with van der Waals surface area (Å²) < 4.78 is 0. The lowest BCUT2D eigenvalue weighted by atomic mass is 9.70. The Bertz CT molecular complexity index is 531. The van der Waals surface area contributed by atoms with Crippen molar-refractivity contribution in [1.82, 2.24) is 4.98 Å². The third-order valence-electron chi connectivity index (χ3n) is 3.89. The van der Waals surface area contributed by atoms with Gasteiger partial charge < -0.3 is 5.32 Å². The predicted octanol–water partition coefficient (Wildman–Crippen LogP) is 4.27. The highest BCUT2D eigenvalue weighted by atomic mass is 32.1. The Kier molecular flexibility index (Phi) is 2.86. The fourth-order valence-electron chi connectivity index (χ4n) is 2.76. The number of thiazole rings is 1. The minimum Gasteiger partial charge on any atom is -0.354 e. The maximum Gasteiger partial charge on any atom is 0.183 e. The minimum atomic E-state index is 0.264. The molecule has 0 bridgehead atoms. The molecule has 0 spiro atoms. The number of aromatic nitrogens is 1. The molecule has 2 nitrogen and oxygen atoms in total. The molecule has 18 heavy (non-hydrogen) atoms.